The molecule has 2 aliphatic rings. The van der Waals surface area contributed by atoms with Crippen LogP contribution < -0.4 is 9.47 Å². The van der Waals surface area contributed by atoms with E-state index in [4.69, 9.17) is 26.1 Å². The second kappa shape index (κ2) is 20.2. The summed E-state index contributed by atoms with van der Waals surface area (Å²) in [5.74, 6) is 0.844. The number of hydrogen-bond donors (Lipinski definition) is 1. The van der Waals surface area contributed by atoms with Crippen LogP contribution in [0.4, 0.5) is 0 Å². The Kier molecular flexibility index (Phi) is 14.1. The molecule has 9 rings (SSSR count). The van der Waals surface area contributed by atoms with Crippen molar-refractivity contribution < 1.29 is 32.6 Å². The number of methoxy groups -OCH3 is 1. The molecule has 0 aliphatic carbocycles. The van der Waals surface area contributed by atoms with Crippen molar-refractivity contribution in [2.75, 3.05) is 13.7 Å². The fourth-order valence-electron chi connectivity index (χ4n) is 9.64. The Morgan fingerprint density at radius 3 is 2.50 bits per heavy atom. The van der Waals surface area contributed by atoms with Crippen molar-refractivity contribution in [2.45, 2.75) is 109 Å². The van der Waals surface area contributed by atoms with E-state index >= 15 is 0 Å². The Labute approximate surface area is 416 Å². The van der Waals surface area contributed by atoms with E-state index in [1.807, 2.05) is 86.6 Å². The van der Waals surface area contributed by atoms with Crippen LogP contribution in [0.25, 0.3) is 16.0 Å². The molecule has 70 heavy (non-hydrogen) atoms. The van der Waals surface area contributed by atoms with Crippen LogP contribution in [0.1, 0.15) is 119 Å². The number of thiophene rings is 1. The Hall–Kier alpha value is -6.27. The Balaban J connectivity index is 0.824. The number of benzene rings is 4. The van der Waals surface area contributed by atoms with Gasteiger partial charge in [0.25, 0.3) is 0 Å². The molecule has 1 unspecified atom stereocenters. The van der Waals surface area contributed by atoms with Crippen LogP contribution >= 0.6 is 22.9 Å². The van der Waals surface area contributed by atoms with Crippen LogP contribution in [0.5, 0.6) is 11.5 Å². The maximum atomic E-state index is 14.3. The fourth-order valence-corrected chi connectivity index (χ4v) is 12.6. The first-order chi connectivity index (χ1) is 33.6. The number of aryl methyl sites for hydroxylation is 4. The minimum Gasteiger partial charge on any atom is -0.494 e. The number of ether oxygens (including phenoxy) is 2. The van der Waals surface area contributed by atoms with E-state index in [9.17, 15) is 23.1 Å². The summed E-state index contributed by atoms with van der Waals surface area (Å²) in [5, 5.41) is 29.0. The number of aliphatic imine (C=N–C) groups is 1. The topological polar surface area (TPSA) is 184 Å². The first-order valence-corrected chi connectivity index (χ1v) is 26.1. The average molecular weight is 1000 g/mol. The number of rotatable bonds is 17. The number of nitrogens with zero attached hydrogens (tertiary/aromatic N) is 8. The highest BCUT2D eigenvalue weighted by Crippen LogP contribution is 2.41. The van der Waals surface area contributed by atoms with E-state index in [0.29, 0.717) is 50.9 Å². The Bertz CT molecular complexity index is 3270. The number of carbonyl (C=O) groups is 2. The van der Waals surface area contributed by atoms with Crippen LogP contribution in [0.15, 0.2) is 88.8 Å². The minimum atomic E-state index is -3.98. The van der Waals surface area contributed by atoms with Crippen molar-refractivity contribution >= 4 is 61.5 Å². The zero-order valence-electron chi connectivity index (χ0n) is 40.0. The normalized spacial score (nSPS) is 16.9. The van der Waals surface area contributed by atoms with E-state index in [0.717, 1.165) is 76.5 Å². The number of carboxylic acid groups (broad SMARTS) is 1. The summed E-state index contributed by atoms with van der Waals surface area (Å²) in [5.41, 5.74) is 8.29. The van der Waals surface area contributed by atoms with Crippen molar-refractivity contribution in [2.24, 2.45) is 12.0 Å². The highest BCUT2D eigenvalue weighted by molar-refractivity contribution is 7.89. The summed E-state index contributed by atoms with van der Waals surface area (Å²) in [6.07, 6.45) is 4.10. The second-order valence-corrected chi connectivity index (χ2v) is 21.8. The first kappa shape index (κ1) is 48.7. The number of fused-ring (bicyclic) bond motifs is 5. The minimum absolute atomic E-state index is 0.0642. The molecule has 15 nitrogen and oxygen atoms in total. The third kappa shape index (κ3) is 9.89. The number of Topliss-reactive ketones (excluding diaryl/α,β-unsaturated/α-hetero) is 1. The SMILES string of the molecule is COc1cc([C@@H](CC(=O)O)c2cccc(CN3C[C@@H](C)Oc4cc(CCCCCCC(=O)CC5N=C(c6ccc(Cl)cc6)c6c(sc(C)c6C)-n6c(C)nnc65)ccc4S3(=O)=O)c2)cc2nnn(C)c12. The van der Waals surface area contributed by atoms with Crippen LogP contribution in [-0.2, 0) is 39.6 Å². The van der Waals surface area contributed by atoms with Gasteiger partial charge < -0.3 is 14.6 Å². The van der Waals surface area contributed by atoms with Crippen LogP contribution in [0, 0.1) is 20.8 Å². The van der Waals surface area contributed by atoms with Gasteiger partial charge in [0.1, 0.15) is 56.2 Å². The summed E-state index contributed by atoms with van der Waals surface area (Å²) < 4.78 is 45.6. The highest BCUT2D eigenvalue weighted by atomic mass is 35.5. The van der Waals surface area contributed by atoms with Gasteiger partial charge in [-0.2, -0.15) is 4.31 Å². The maximum Gasteiger partial charge on any atom is 0.304 e. The van der Waals surface area contributed by atoms with Gasteiger partial charge in [-0.15, -0.1) is 26.6 Å². The van der Waals surface area contributed by atoms with Gasteiger partial charge in [0.15, 0.2) is 5.82 Å². The average Bonchev–Trinajstić information content (AvgIpc) is 3.95. The monoisotopic (exact) mass is 1000 g/mol. The lowest BCUT2D eigenvalue weighted by Crippen LogP contribution is -2.35. The smallest absolute Gasteiger partial charge is 0.304 e. The van der Waals surface area contributed by atoms with Crippen LogP contribution in [-0.4, -0.2) is 84.8 Å². The number of halogens is 1. The number of aliphatic carboxylic acids is 1. The maximum absolute atomic E-state index is 14.3. The summed E-state index contributed by atoms with van der Waals surface area (Å²) in [4.78, 5) is 32.4. The molecule has 0 fully saturated rings. The Morgan fingerprint density at radius 2 is 1.73 bits per heavy atom. The molecule has 4 aromatic carbocycles. The molecule has 0 spiro atoms. The highest BCUT2D eigenvalue weighted by Gasteiger charge is 2.35. The van der Waals surface area contributed by atoms with Crippen molar-refractivity contribution in [3.8, 4) is 16.5 Å². The second-order valence-electron chi connectivity index (χ2n) is 18.3. The van der Waals surface area contributed by atoms with Crippen molar-refractivity contribution in [1.29, 1.82) is 0 Å². The molecule has 2 aliphatic heterocycles. The number of sulfonamides is 1. The molecule has 5 heterocycles. The van der Waals surface area contributed by atoms with E-state index in [1.54, 1.807) is 36.2 Å². The summed E-state index contributed by atoms with van der Waals surface area (Å²) in [7, 11) is -0.671. The molecule has 0 saturated carbocycles. The van der Waals surface area contributed by atoms with E-state index in [1.165, 1.54) is 9.18 Å². The summed E-state index contributed by atoms with van der Waals surface area (Å²) in [6, 6.07) is 23.5. The van der Waals surface area contributed by atoms with E-state index in [2.05, 4.69) is 38.9 Å². The predicted octanol–water partition coefficient (Wildman–Crippen LogP) is 9.82. The molecule has 0 bridgehead atoms. The number of ketones is 1. The third-order valence-corrected chi connectivity index (χ3v) is 16.6. The molecule has 0 amide bonds. The van der Waals surface area contributed by atoms with Gasteiger partial charge in [-0.1, -0.05) is 72.1 Å². The molecule has 18 heteroatoms. The molecule has 0 radical (unpaired) electrons. The predicted molar refractivity (Wildman–Crippen MR) is 269 cm³/mol. The van der Waals surface area contributed by atoms with Crippen molar-refractivity contribution in [3.63, 3.8) is 0 Å². The number of unbranched alkanes of at least 4 members (excludes halogenated alkanes) is 3. The van der Waals surface area contributed by atoms with Gasteiger partial charge in [0, 0.05) is 53.4 Å². The molecule has 3 aromatic heterocycles. The van der Waals surface area contributed by atoms with Gasteiger partial charge in [0.05, 0.1) is 25.8 Å². The number of carboxylic acids is 1. The molecule has 3 atom stereocenters. The number of aromatic nitrogens is 6. The van der Waals surface area contributed by atoms with Gasteiger partial charge >= 0.3 is 5.97 Å². The molecule has 1 N–H and O–H groups in total. The molecule has 0 saturated heterocycles. The third-order valence-electron chi connectivity index (χ3n) is 13.3. The fraction of sp³-hybridized carbons (Fsp3) is 0.365. The number of hydrogen-bond acceptors (Lipinski definition) is 12. The lowest BCUT2D eigenvalue weighted by Gasteiger charge is -2.23. The first-order valence-electron chi connectivity index (χ1n) is 23.4. The quantitative estimate of drug-likeness (QED) is 0.0857. The zero-order valence-corrected chi connectivity index (χ0v) is 42.4. The van der Waals surface area contributed by atoms with Crippen molar-refractivity contribution in [1.82, 2.24) is 34.1 Å². The zero-order chi connectivity index (χ0) is 49.4. The van der Waals surface area contributed by atoms with Gasteiger partial charge in [-0.3, -0.25) is 19.1 Å². The molecular weight excluding hydrogens is 948 g/mol. The standard InChI is InChI=1S/C52H55ClN8O7S2/c1-30-28-60(29-35-13-11-14-37(22-35)41(27-47(63)64)38-24-42-50(45(25-38)67-6)59(5)58-56-42)70(65,66)46-21-16-34(23-44(46)68-30)12-9-7-8-10-15-40(62)26-43-51-57-55-33(4)61(51)52-48(31(2)32(3)69-52)49(54-43)36-17-19-39(53)20-18-36/h11,13-14,16-25,30,41,43H,7-10,12,15,26-29H2,1-6H3,(H,63,64)/t30-,41+,43?/m1/s1. The van der Waals surface area contributed by atoms with Crippen LogP contribution in [0.2, 0.25) is 5.02 Å². The number of carbonyl (C=O) groups excluding carboxylic acids is 1. The van der Waals surface area contributed by atoms with Crippen LogP contribution in [0.3, 0.4) is 0 Å². The van der Waals surface area contributed by atoms with Crippen molar-refractivity contribution in [3.05, 3.63) is 139 Å². The lowest BCUT2D eigenvalue weighted by atomic mass is 9.87. The van der Waals surface area contributed by atoms with Gasteiger partial charge in [-0.05, 0) is 111 Å². The van der Waals surface area contributed by atoms with E-state index < -0.39 is 34.1 Å². The Morgan fingerprint density at radius 1 is 0.943 bits per heavy atom. The lowest BCUT2D eigenvalue weighted by molar-refractivity contribution is -0.137. The molecule has 364 valence electrons. The summed E-state index contributed by atoms with van der Waals surface area (Å²) >= 11 is 7.95. The van der Waals surface area contributed by atoms with Gasteiger partial charge in [-0.25, -0.2) is 13.1 Å². The van der Waals surface area contributed by atoms with E-state index in [-0.39, 0.29) is 36.6 Å². The molecule has 7 aromatic rings. The largest absolute Gasteiger partial charge is 0.494 e. The molecular formula is C52H55ClN8O7S2. The summed E-state index contributed by atoms with van der Waals surface area (Å²) in [6.45, 7) is 8.19. The van der Waals surface area contributed by atoms with Gasteiger partial charge in [0.2, 0.25) is 10.0 Å².